The fraction of sp³-hybridized carbons (Fsp3) is 0.273. The zero-order chi connectivity index (χ0) is 23.3. The number of amides is 1. The van der Waals surface area contributed by atoms with E-state index in [-0.39, 0.29) is 22.9 Å². The molecule has 0 fully saturated rings. The molecular weight excluding hydrogens is 434 g/mol. The lowest BCUT2D eigenvalue weighted by Crippen LogP contribution is -2.41. The molecule has 0 unspecified atom stereocenters. The molecule has 32 heavy (non-hydrogen) atoms. The Hall–Kier alpha value is -3.53. The summed E-state index contributed by atoms with van der Waals surface area (Å²) in [5.74, 6) is 0.954. The summed E-state index contributed by atoms with van der Waals surface area (Å²) in [6.45, 7) is 2.88. The van der Waals surface area contributed by atoms with Gasteiger partial charge in [0, 0.05) is 6.54 Å². The third-order valence-electron chi connectivity index (χ3n) is 4.81. The van der Waals surface area contributed by atoms with Crippen LogP contribution in [0.1, 0.15) is 17.0 Å². The number of carbonyl (C=O) groups is 1. The number of nitrogens with one attached hydrogen (secondary N) is 1. The lowest BCUT2D eigenvalue weighted by molar-refractivity contribution is -0.119. The zero-order valence-electron chi connectivity index (χ0n) is 18.3. The molecule has 0 saturated carbocycles. The van der Waals surface area contributed by atoms with Crippen molar-refractivity contribution in [2.45, 2.75) is 25.3 Å². The maximum Gasteiger partial charge on any atom is 0.270 e. The largest absolute Gasteiger partial charge is 0.497 e. The first-order chi connectivity index (χ1) is 15.3. The first-order valence-electron chi connectivity index (χ1n) is 9.75. The molecular formula is C22H25N3O6S. The second kappa shape index (κ2) is 9.73. The van der Waals surface area contributed by atoms with Crippen LogP contribution >= 0.6 is 0 Å². The Labute approximate surface area is 187 Å². The molecule has 9 nitrogen and oxygen atoms in total. The maximum atomic E-state index is 13.5. The molecule has 0 saturated heterocycles. The summed E-state index contributed by atoms with van der Waals surface area (Å²) in [6, 6.07) is 13.6. The molecule has 170 valence electrons. The topological polar surface area (TPSA) is 111 Å². The standard InChI is InChI=1S/C22H25N3O6S/c1-15-22(16(2)31-24-15)32(27,28)25(18-7-11-20(30-4)12-8-18)14-21(26)23-13-17-5-9-19(29-3)10-6-17/h5-12H,13-14H2,1-4H3,(H,23,26). The molecule has 0 aliphatic rings. The fourth-order valence-corrected chi connectivity index (χ4v) is 4.86. The Bertz CT molecular complexity index is 1150. The first kappa shape index (κ1) is 23.1. The number of hydrogen-bond donors (Lipinski definition) is 1. The number of nitrogens with zero attached hydrogens (tertiary/aromatic N) is 2. The van der Waals surface area contributed by atoms with Crippen molar-refractivity contribution < 1.29 is 27.2 Å². The summed E-state index contributed by atoms with van der Waals surface area (Å²) < 4.78 is 43.3. The van der Waals surface area contributed by atoms with Crippen molar-refractivity contribution in [3.05, 3.63) is 65.5 Å². The van der Waals surface area contributed by atoms with Gasteiger partial charge in [0.2, 0.25) is 5.91 Å². The number of benzene rings is 2. The maximum absolute atomic E-state index is 13.5. The first-order valence-corrected chi connectivity index (χ1v) is 11.2. The Kier molecular flexibility index (Phi) is 7.04. The van der Waals surface area contributed by atoms with Crippen molar-refractivity contribution in [1.29, 1.82) is 0 Å². The molecule has 0 radical (unpaired) electrons. The average molecular weight is 460 g/mol. The van der Waals surface area contributed by atoms with Crippen LogP contribution in [0.2, 0.25) is 0 Å². The molecule has 3 rings (SSSR count). The van der Waals surface area contributed by atoms with Crippen LogP contribution in [0.25, 0.3) is 0 Å². The number of sulfonamides is 1. The average Bonchev–Trinajstić information content (AvgIpc) is 3.15. The van der Waals surface area contributed by atoms with E-state index in [0.29, 0.717) is 17.2 Å². The van der Waals surface area contributed by atoms with Gasteiger partial charge in [-0.25, -0.2) is 8.42 Å². The lowest BCUT2D eigenvalue weighted by Gasteiger charge is -2.24. The smallest absolute Gasteiger partial charge is 0.270 e. The highest BCUT2D eigenvalue weighted by Gasteiger charge is 2.32. The quantitative estimate of drug-likeness (QED) is 0.524. The van der Waals surface area contributed by atoms with Crippen molar-refractivity contribution in [2.75, 3.05) is 25.1 Å². The van der Waals surface area contributed by atoms with E-state index in [0.717, 1.165) is 9.87 Å². The molecule has 0 atom stereocenters. The number of carbonyl (C=O) groups excluding carboxylic acids is 1. The van der Waals surface area contributed by atoms with Crippen LogP contribution in [0.15, 0.2) is 57.9 Å². The highest BCUT2D eigenvalue weighted by atomic mass is 32.2. The monoisotopic (exact) mass is 459 g/mol. The molecule has 10 heteroatoms. The van der Waals surface area contributed by atoms with Crippen molar-refractivity contribution in [2.24, 2.45) is 0 Å². The minimum atomic E-state index is -4.12. The van der Waals surface area contributed by atoms with E-state index in [2.05, 4.69) is 10.5 Å². The van der Waals surface area contributed by atoms with Crippen LogP contribution in [-0.2, 0) is 21.4 Å². The van der Waals surface area contributed by atoms with E-state index in [1.807, 2.05) is 12.1 Å². The summed E-state index contributed by atoms with van der Waals surface area (Å²) >= 11 is 0. The summed E-state index contributed by atoms with van der Waals surface area (Å²) in [7, 11) is -1.03. The number of aromatic nitrogens is 1. The predicted octanol–water partition coefficient (Wildman–Crippen LogP) is 2.82. The zero-order valence-corrected chi connectivity index (χ0v) is 19.1. The third kappa shape index (κ3) is 5.02. The lowest BCUT2D eigenvalue weighted by atomic mass is 10.2. The number of hydrogen-bond acceptors (Lipinski definition) is 7. The van der Waals surface area contributed by atoms with Gasteiger partial charge in [-0.1, -0.05) is 17.3 Å². The van der Waals surface area contributed by atoms with Crippen LogP contribution in [0.5, 0.6) is 11.5 Å². The fourth-order valence-electron chi connectivity index (χ4n) is 3.15. The highest BCUT2D eigenvalue weighted by Crippen LogP contribution is 2.29. The van der Waals surface area contributed by atoms with Gasteiger partial charge in [0.05, 0.1) is 19.9 Å². The number of aryl methyl sites for hydroxylation is 2. The minimum Gasteiger partial charge on any atom is -0.497 e. The summed E-state index contributed by atoms with van der Waals surface area (Å²) in [6.07, 6.45) is 0. The van der Waals surface area contributed by atoms with E-state index in [9.17, 15) is 13.2 Å². The van der Waals surface area contributed by atoms with Crippen LogP contribution in [0, 0.1) is 13.8 Å². The van der Waals surface area contributed by atoms with Gasteiger partial charge in [0.15, 0.2) is 10.7 Å². The van der Waals surface area contributed by atoms with E-state index in [1.165, 1.54) is 14.0 Å². The van der Waals surface area contributed by atoms with Gasteiger partial charge < -0.3 is 19.3 Å². The second-order valence-corrected chi connectivity index (χ2v) is 8.79. The van der Waals surface area contributed by atoms with Gasteiger partial charge in [-0.05, 0) is 55.8 Å². The molecule has 1 N–H and O–H groups in total. The molecule has 3 aromatic rings. The van der Waals surface area contributed by atoms with Crippen LogP contribution in [-0.4, -0.2) is 40.2 Å². The SMILES string of the molecule is COc1ccc(CNC(=O)CN(c2ccc(OC)cc2)S(=O)(=O)c2c(C)noc2C)cc1. The summed E-state index contributed by atoms with van der Waals surface area (Å²) in [5, 5.41) is 6.50. The van der Waals surface area contributed by atoms with Gasteiger partial charge in [0.25, 0.3) is 10.0 Å². The van der Waals surface area contributed by atoms with Crippen molar-refractivity contribution in [1.82, 2.24) is 10.5 Å². The molecule has 1 heterocycles. The predicted molar refractivity (Wildman–Crippen MR) is 118 cm³/mol. The second-order valence-electron chi connectivity index (χ2n) is 6.99. The molecule has 2 aromatic carbocycles. The van der Waals surface area contributed by atoms with Gasteiger partial charge in [-0.2, -0.15) is 0 Å². The van der Waals surface area contributed by atoms with Gasteiger partial charge in [-0.3, -0.25) is 9.10 Å². The van der Waals surface area contributed by atoms with Crippen LogP contribution in [0.4, 0.5) is 5.69 Å². The van der Waals surface area contributed by atoms with Crippen LogP contribution < -0.4 is 19.1 Å². The number of ether oxygens (including phenoxy) is 2. The van der Waals surface area contributed by atoms with E-state index >= 15 is 0 Å². The number of rotatable bonds is 9. The molecule has 1 aromatic heterocycles. The molecule has 0 bridgehead atoms. The Balaban J connectivity index is 1.85. The molecule has 0 spiro atoms. The molecule has 0 aliphatic carbocycles. The Morgan fingerprint density at radius 1 is 1.00 bits per heavy atom. The third-order valence-corrected chi connectivity index (χ3v) is 6.83. The highest BCUT2D eigenvalue weighted by molar-refractivity contribution is 7.93. The molecule has 0 aliphatic heterocycles. The van der Waals surface area contributed by atoms with Gasteiger partial charge in [0.1, 0.15) is 23.7 Å². The summed E-state index contributed by atoms with van der Waals surface area (Å²) in [4.78, 5) is 12.7. The van der Waals surface area contributed by atoms with E-state index in [1.54, 1.807) is 50.4 Å². The Morgan fingerprint density at radius 3 is 2.06 bits per heavy atom. The van der Waals surface area contributed by atoms with Gasteiger partial charge >= 0.3 is 0 Å². The van der Waals surface area contributed by atoms with E-state index < -0.39 is 22.5 Å². The number of methoxy groups -OCH3 is 2. The van der Waals surface area contributed by atoms with Crippen molar-refractivity contribution >= 4 is 21.6 Å². The van der Waals surface area contributed by atoms with E-state index in [4.69, 9.17) is 14.0 Å². The summed E-state index contributed by atoms with van der Waals surface area (Å²) in [5.41, 5.74) is 1.38. The normalized spacial score (nSPS) is 11.1. The Morgan fingerprint density at radius 2 is 1.56 bits per heavy atom. The van der Waals surface area contributed by atoms with Crippen LogP contribution in [0.3, 0.4) is 0 Å². The van der Waals surface area contributed by atoms with Crippen molar-refractivity contribution in [3.63, 3.8) is 0 Å². The van der Waals surface area contributed by atoms with Crippen molar-refractivity contribution in [3.8, 4) is 11.5 Å². The number of anilines is 1. The molecule has 1 amide bonds. The van der Waals surface area contributed by atoms with Gasteiger partial charge in [-0.15, -0.1) is 0 Å². The minimum absolute atomic E-state index is 0.0590.